The van der Waals surface area contributed by atoms with Crippen LogP contribution in [0.25, 0.3) is 0 Å². The molecule has 2 amide bonds. The number of hydrogen-bond donors (Lipinski definition) is 0. The maximum Gasteiger partial charge on any atom is 0.337 e. The van der Waals surface area contributed by atoms with Crippen molar-refractivity contribution in [3.05, 3.63) is 70.8 Å². The lowest BCUT2D eigenvalue weighted by molar-refractivity contribution is -0.149. The van der Waals surface area contributed by atoms with Crippen molar-refractivity contribution in [2.75, 3.05) is 19.1 Å². The van der Waals surface area contributed by atoms with Crippen LogP contribution >= 0.6 is 0 Å². The van der Waals surface area contributed by atoms with E-state index in [-0.39, 0.29) is 24.2 Å². The van der Waals surface area contributed by atoms with Gasteiger partial charge < -0.3 is 9.47 Å². The fourth-order valence-electron chi connectivity index (χ4n) is 3.27. The summed E-state index contributed by atoms with van der Waals surface area (Å²) >= 11 is 0. The van der Waals surface area contributed by atoms with Gasteiger partial charge in [-0.25, -0.2) is 18.0 Å². The van der Waals surface area contributed by atoms with Crippen molar-refractivity contribution in [1.82, 2.24) is 4.90 Å². The molecule has 1 aliphatic rings. The average Bonchev–Trinajstić information content (AvgIpc) is 3.02. The van der Waals surface area contributed by atoms with Gasteiger partial charge in [0.1, 0.15) is 22.5 Å². The number of rotatable bonds is 8. The summed E-state index contributed by atoms with van der Waals surface area (Å²) in [4.78, 5) is 50.7. The summed E-state index contributed by atoms with van der Waals surface area (Å²) in [5.74, 6) is -3.18. The van der Waals surface area contributed by atoms with E-state index in [2.05, 4.69) is 4.74 Å². The first kappa shape index (κ1) is 23.1. The van der Waals surface area contributed by atoms with Crippen LogP contribution in [-0.2, 0) is 30.7 Å². The smallest absolute Gasteiger partial charge is 0.337 e. The molecule has 0 bridgehead atoms. The molecule has 2 aromatic carbocycles. The number of esters is 2. The van der Waals surface area contributed by atoms with Gasteiger partial charge in [0.05, 0.1) is 29.6 Å². The van der Waals surface area contributed by atoms with Crippen LogP contribution in [0.15, 0.2) is 48.5 Å². The van der Waals surface area contributed by atoms with E-state index in [1.54, 1.807) is 24.3 Å². The summed E-state index contributed by atoms with van der Waals surface area (Å²) in [6.45, 7) is -0.196. The van der Waals surface area contributed by atoms with Gasteiger partial charge >= 0.3 is 11.9 Å². The number of sulfone groups is 1. The molecule has 168 valence electrons. The number of ether oxygens (including phenoxy) is 2. The summed E-state index contributed by atoms with van der Waals surface area (Å²) in [7, 11) is -2.21. The first-order valence-corrected chi connectivity index (χ1v) is 11.7. The monoisotopic (exact) mass is 459 g/mol. The second-order valence-corrected chi connectivity index (χ2v) is 9.52. The molecule has 0 saturated heterocycles. The van der Waals surface area contributed by atoms with Gasteiger partial charge in [-0.05, 0) is 36.2 Å². The third-order valence-corrected chi connectivity index (χ3v) is 5.90. The molecular formula is C22H21NO8S. The second-order valence-electron chi connectivity index (χ2n) is 7.26. The lowest BCUT2D eigenvalue weighted by Gasteiger charge is -2.24. The second kappa shape index (κ2) is 9.31. The molecule has 0 saturated carbocycles. The van der Waals surface area contributed by atoms with E-state index in [4.69, 9.17) is 4.74 Å². The Bertz CT molecular complexity index is 1140. The number of fused-ring (bicyclic) bond motifs is 1. The molecule has 10 heteroatoms. The highest BCUT2D eigenvalue weighted by Crippen LogP contribution is 2.26. The van der Waals surface area contributed by atoms with Crippen LogP contribution < -0.4 is 0 Å². The molecule has 3 rings (SSSR count). The minimum absolute atomic E-state index is 0.146. The number of imide groups is 1. The number of benzene rings is 2. The van der Waals surface area contributed by atoms with Crippen molar-refractivity contribution < 1.29 is 37.1 Å². The molecule has 32 heavy (non-hydrogen) atoms. The van der Waals surface area contributed by atoms with Gasteiger partial charge in [0.2, 0.25) is 0 Å². The number of carbonyl (C=O) groups excluding carboxylic acids is 4. The standard InChI is InChI=1S/C22H21NO8S/c1-30-21(26)15-9-7-14(8-10-15)13-31-22(27)18(11-12-32(2,28)29)23-19(24)16-5-3-4-6-17(16)20(23)25/h3-10,18H,11-13H2,1-2H3/t18-/m1/s1. The van der Waals surface area contributed by atoms with Crippen molar-refractivity contribution in [2.24, 2.45) is 0 Å². The largest absolute Gasteiger partial charge is 0.465 e. The lowest BCUT2D eigenvalue weighted by Crippen LogP contribution is -2.46. The van der Waals surface area contributed by atoms with Crippen molar-refractivity contribution in [3.63, 3.8) is 0 Å². The molecule has 0 spiro atoms. The Morgan fingerprint density at radius 2 is 1.53 bits per heavy atom. The van der Waals surface area contributed by atoms with Gasteiger partial charge in [-0.1, -0.05) is 24.3 Å². The Kier molecular flexibility index (Phi) is 6.73. The fraction of sp³-hybridized carbons (Fsp3) is 0.273. The third-order valence-electron chi connectivity index (χ3n) is 4.93. The number of methoxy groups -OCH3 is 1. The summed E-state index contributed by atoms with van der Waals surface area (Å²) < 4.78 is 33.2. The van der Waals surface area contributed by atoms with Crippen LogP contribution in [0.1, 0.15) is 43.1 Å². The lowest BCUT2D eigenvalue weighted by atomic mass is 10.1. The summed E-state index contributed by atoms with van der Waals surface area (Å²) in [6, 6.07) is 10.9. The molecule has 1 atom stereocenters. The summed E-state index contributed by atoms with van der Waals surface area (Å²) in [5.41, 5.74) is 1.16. The number of amides is 2. The van der Waals surface area contributed by atoms with E-state index in [9.17, 15) is 27.6 Å². The summed E-state index contributed by atoms with van der Waals surface area (Å²) in [6.07, 6.45) is 0.713. The van der Waals surface area contributed by atoms with Crippen molar-refractivity contribution in [3.8, 4) is 0 Å². The van der Waals surface area contributed by atoms with Gasteiger partial charge in [0, 0.05) is 6.26 Å². The predicted octanol–water partition coefficient (Wildman–Crippen LogP) is 1.62. The normalized spacial score (nSPS) is 14.1. The van der Waals surface area contributed by atoms with E-state index >= 15 is 0 Å². The highest BCUT2D eigenvalue weighted by atomic mass is 32.2. The highest BCUT2D eigenvalue weighted by Gasteiger charge is 2.43. The zero-order valence-corrected chi connectivity index (χ0v) is 18.3. The molecule has 0 radical (unpaired) electrons. The molecule has 0 aliphatic carbocycles. The molecule has 1 aliphatic heterocycles. The van der Waals surface area contributed by atoms with Crippen molar-refractivity contribution in [2.45, 2.75) is 19.1 Å². The Morgan fingerprint density at radius 1 is 0.969 bits per heavy atom. The predicted molar refractivity (Wildman–Crippen MR) is 113 cm³/mol. The van der Waals surface area contributed by atoms with Gasteiger partial charge in [-0.3, -0.25) is 14.5 Å². The van der Waals surface area contributed by atoms with Gasteiger partial charge in [-0.2, -0.15) is 0 Å². The Morgan fingerprint density at radius 3 is 2.03 bits per heavy atom. The maximum atomic E-state index is 12.8. The molecule has 0 unspecified atom stereocenters. The number of nitrogens with zero attached hydrogens (tertiary/aromatic N) is 1. The number of hydrogen-bond acceptors (Lipinski definition) is 8. The van der Waals surface area contributed by atoms with Crippen LogP contribution in [0.2, 0.25) is 0 Å². The zero-order chi connectivity index (χ0) is 23.5. The quantitative estimate of drug-likeness (QED) is 0.431. The highest BCUT2D eigenvalue weighted by molar-refractivity contribution is 7.90. The van der Waals surface area contributed by atoms with E-state index in [1.165, 1.54) is 31.4 Å². The van der Waals surface area contributed by atoms with Crippen molar-refractivity contribution >= 4 is 33.6 Å². The fourth-order valence-corrected chi connectivity index (χ4v) is 3.93. The van der Waals surface area contributed by atoms with E-state index in [0.29, 0.717) is 11.1 Å². The number of carbonyl (C=O) groups is 4. The van der Waals surface area contributed by atoms with Crippen molar-refractivity contribution in [1.29, 1.82) is 0 Å². The van der Waals surface area contributed by atoms with Crippen LogP contribution in [-0.4, -0.2) is 62.2 Å². The van der Waals surface area contributed by atoms with E-state index < -0.39 is 45.4 Å². The minimum atomic E-state index is -3.47. The van der Waals surface area contributed by atoms with E-state index in [0.717, 1.165) is 11.2 Å². The summed E-state index contributed by atoms with van der Waals surface area (Å²) in [5, 5.41) is 0. The molecule has 0 aromatic heterocycles. The minimum Gasteiger partial charge on any atom is -0.465 e. The molecule has 2 aromatic rings. The third kappa shape index (κ3) is 5.02. The first-order chi connectivity index (χ1) is 15.1. The molecule has 9 nitrogen and oxygen atoms in total. The molecule has 1 heterocycles. The zero-order valence-electron chi connectivity index (χ0n) is 17.4. The van der Waals surface area contributed by atoms with Crippen LogP contribution in [0.4, 0.5) is 0 Å². The van der Waals surface area contributed by atoms with Gasteiger partial charge in [0.25, 0.3) is 11.8 Å². The van der Waals surface area contributed by atoms with Crippen LogP contribution in [0.3, 0.4) is 0 Å². The van der Waals surface area contributed by atoms with Gasteiger partial charge in [0.15, 0.2) is 0 Å². The Balaban J connectivity index is 1.78. The average molecular weight is 459 g/mol. The Hall–Kier alpha value is -3.53. The van der Waals surface area contributed by atoms with Crippen LogP contribution in [0, 0.1) is 0 Å². The molecule has 0 N–H and O–H groups in total. The molecular weight excluding hydrogens is 438 g/mol. The Labute approximate surface area is 184 Å². The topological polar surface area (TPSA) is 124 Å². The SMILES string of the molecule is COC(=O)c1ccc(COC(=O)[C@@H](CCS(C)(=O)=O)N2C(=O)c3ccccc3C2=O)cc1. The molecule has 0 fully saturated rings. The maximum absolute atomic E-state index is 12.8. The van der Waals surface area contributed by atoms with Gasteiger partial charge in [-0.15, -0.1) is 0 Å². The first-order valence-electron chi connectivity index (χ1n) is 9.61. The van der Waals surface area contributed by atoms with Crippen LogP contribution in [0.5, 0.6) is 0 Å². The van der Waals surface area contributed by atoms with E-state index in [1.807, 2.05) is 0 Å².